The lowest BCUT2D eigenvalue weighted by molar-refractivity contribution is 0.863. The van der Waals surface area contributed by atoms with Crippen LogP contribution >= 0.6 is 34.8 Å². The van der Waals surface area contributed by atoms with Gasteiger partial charge in [-0.05, 0) is 76.6 Å². The lowest BCUT2D eigenvalue weighted by Crippen LogP contribution is -1.96. The van der Waals surface area contributed by atoms with Crippen LogP contribution in [0, 0.1) is 8.34 Å². The molecular formula is C16H15IN2S. The molecule has 1 heterocycles. The smallest absolute Gasteiger partial charge is 0.182 e. The number of halogens is 1. The molecule has 0 aliphatic carbocycles. The minimum atomic E-state index is 0.510. The maximum Gasteiger partial charge on any atom is 0.182 e. The van der Waals surface area contributed by atoms with E-state index in [0.29, 0.717) is 5.92 Å². The van der Waals surface area contributed by atoms with Crippen molar-refractivity contribution in [2.24, 2.45) is 0 Å². The Labute approximate surface area is 137 Å². The van der Waals surface area contributed by atoms with E-state index in [1.807, 2.05) is 0 Å². The van der Waals surface area contributed by atoms with Gasteiger partial charge in [-0.3, -0.25) is 4.57 Å². The first-order valence-corrected chi connectivity index (χ1v) is 8.05. The molecule has 0 radical (unpaired) electrons. The molecule has 0 saturated carbocycles. The molecule has 2 nitrogen and oxygen atoms in total. The third kappa shape index (κ3) is 2.42. The Bertz CT molecular complexity index is 830. The molecule has 0 unspecified atom stereocenters. The summed E-state index contributed by atoms with van der Waals surface area (Å²) in [5.41, 5.74) is 4.64. The van der Waals surface area contributed by atoms with E-state index in [4.69, 9.17) is 12.2 Å². The van der Waals surface area contributed by atoms with Gasteiger partial charge in [-0.1, -0.05) is 26.0 Å². The van der Waals surface area contributed by atoms with Crippen molar-refractivity contribution in [2.45, 2.75) is 19.8 Å². The first-order chi connectivity index (χ1) is 9.56. The number of imidazole rings is 1. The van der Waals surface area contributed by atoms with Crippen LogP contribution in [0.4, 0.5) is 0 Å². The Morgan fingerprint density at radius 1 is 1.15 bits per heavy atom. The lowest BCUT2D eigenvalue weighted by Gasteiger charge is -2.09. The van der Waals surface area contributed by atoms with Crippen LogP contribution in [0.2, 0.25) is 0 Å². The second-order valence-electron chi connectivity index (χ2n) is 5.18. The van der Waals surface area contributed by atoms with Crippen LogP contribution in [0.15, 0.2) is 42.5 Å². The number of hydrogen-bond acceptors (Lipinski definition) is 1. The average Bonchev–Trinajstić information content (AvgIpc) is 2.73. The number of hydrogen-bond donors (Lipinski definition) is 1. The van der Waals surface area contributed by atoms with Crippen molar-refractivity contribution < 1.29 is 0 Å². The maximum atomic E-state index is 5.49. The van der Waals surface area contributed by atoms with Gasteiger partial charge in [-0.2, -0.15) is 0 Å². The molecule has 2 aromatic carbocycles. The minimum Gasteiger partial charge on any atom is -0.330 e. The van der Waals surface area contributed by atoms with E-state index in [-0.39, 0.29) is 0 Å². The fraction of sp³-hybridized carbons (Fsp3) is 0.188. The molecule has 3 aromatic rings. The van der Waals surface area contributed by atoms with E-state index in [0.717, 1.165) is 21.5 Å². The van der Waals surface area contributed by atoms with Crippen molar-refractivity contribution in [1.29, 1.82) is 0 Å². The Kier molecular flexibility index (Phi) is 3.69. The van der Waals surface area contributed by atoms with Gasteiger partial charge in [0.2, 0.25) is 0 Å². The van der Waals surface area contributed by atoms with Gasteiger partial charge in [0.05, 0.1) is 11.0 Å². The summed E-state index contributed by atoms with van der Waals surface area (Å²) in [5, 5.41) is 0. The van der Waals surface area contributed by atoms with Crippen LogP contribution in [-0.2, 0) is 0 Å². The second-order valence-corrected chi connectivity index (χ2v) is 6.81. The van der Waals surface area contributed by atoms with Gasteiger partial charge >= 0.3 is 0 Å². The van der Waals surface area contributed by atoms with Crippen LogP contribution in [0.1, 0.15) is 25.3 Å². The van der Waals surface area contributed by atoms with Gasteiger partial charge in [0.1, 0.15) is 0 Å². The van der Waals surface area contributed by atoms with E-state index in [9.17, 15) is 0 Å². The normalized spacial score (nSPS) is 11.4. The minimum absolute atomic E-state index is 0.510. The van der Waals surface area contributed by atoms with Crippen LogP contribution in [-0.4, -0.2) is 9.55 Å². The molecule has 1 aromatic heterocycles. The van der Waals surface area contributed by atoms with Crippen molar-refractivity contribution in [3.63, 3.8) is 0 Å². The molecule has 0 amide bonds. The summed E-state index contributed by atoms with van der Waals surface area (Å²) >= 11 is 7.81. The Morgan fingerprint density at radius 2 is 1.95 bits per heavy atom. The quantitative estimate of drug-likeness (QED) is 0.455. The number of H-pyrrole nitrogens is 1. The van der Waals surface area contributed by atoms with Gasteiger partial charge in [0, 0.05) is 9.26 Å². The molecule has 0 bridgehead atoms. The van der Waals surface area contributed by atoms with Crippen molar-refractivity contribution in [3.8, 4) is 5.69 Å². The number of nitrogens with one attached hydrogen (secondary N) is 1. The van der Waals surface area contributed by atoms with E-state index in [1.54, 1.807) is 0 Å². The molecule has 0 fully saturated rings. The number of nitrogens with zero attached hydrogens (tertiary/aromatic N) is 1. The van der Waals surface area contributed by atoms with E-state index in [1.165, 1.54) is 9.13 Å². The van der Waals surface area contributed by atoms with Gasteiger partial charge < -0.3 is 4.98 Å². The summed E-state index contributed by atoms with van der Waals surface area (Å²) in [6.45, 7) is 4.41. The Hall–Kier alpha value is -1.14. The zero-order valence-corrected chi connectivity index (χ0v) is 14.3. The highest BCUT2D eigenvalue weighted by molar-refractivity contribution is 14.1. The predicted molar refractivity (Wildman–Crippen MR) is 95.3 cm³/mol. The number of fused-ring (bicyclic) bond motifs is 1. The summed E-state index contributed by atoms with van der Waals surface area (Å²) in [6.07, 6.45) is 0. The third-order valence-electron chi connectivity index (χ3n) is 3.44. The van der Waals surface area contributed by atoms with Gasteiger partial charge in [-0.15, -0.1) is 0 Å². The highest BCUT2D eigenvalue weighted by atomic mass is 127. The van der Waals surface area contributed by atoms with E-state index in [2.05, 4.69) is 88.5 Å². The number of aromatic amines is 1. The molecule has 20 heavy (non-hydrogen) atoms. The average molecular weight is 394 g/mol. The van der Waals surface area contributed by atoms with Crippen molar-refractivity contribution in [2.75, 3.05) is 0 Å². The van der Waals surface area contributed by atoms with Gasteiger partial charge in [0.15, 0.2) is 4.77 Å². The molecule has 3 rings (SSSR count). The highest BCUT2D eigenvalue weighted by Gasteiger charge is 2.08. The highest BCUT2D eigenvalue weighted by Crippen LogP contribution is 2.24. The Morgan fingerprint density at radius 3 is 2.70 bits per heavy atom. The van der Waals surface area contributed by atoms with Crippen molar-refractivity contribution >= 4 is 45.8 Å². The maximum absolute atomic E-state index is 5.49. The molecule has 0 aliphatic rings. The summed E-state index contributed by atoms with van der Waals surface area (Å²) in [7, 11) is 0. The van der Waals surface area contributed by atoms with Gasteiger partial charge in [-0.25, -0.2) is 0 Å². The molecular weight excluding hydrogens is 379 g/mol. The standard InChI is InChI=1S/C16H15IN2S/c1-10(2)11-4-3-5-13(8-11)19-15-7-6-12(17)9-14(15)18-16(19)20/h3-10H,1-2H3,(H,18,20). The number of rotatable bonds is 2. The molecule has 102 valence electrons. The fourth-order valence-corrected chi connectivity index (χ4v) is 3.17. The second kappa shape index (κ2) is 5.33. The predicted octanol–water partition coefficient (Wildman–Crippen LogP) is 5.42. The fourth-order valence-electron chi connectivity index (χ4n) is 2.36. The Balaban J connectivity index is 2.26. The topological polar surface area (TPSA) is 20.7 Å². The van der Waals surface area contributed by atoms with E-state index < -0.39 is 0 Å². The molecule has 1 N–H and O–H groups in total. The van der Waals surface area contributed by atoms with Gasteiger partial charge in [0.25, 0.3) is 0 Å². The molecule has 0 spiro atoms. The van der Waals surface area contributed by atoms with Crippen LogP contribution in [0.25, 0.3) is 16.7 Å². The zero-order valence-electron chi connectivity index (χ0n) is 11.4. The van der Waals surface area contributed by atoms with Crippen molar-refractivity contribution in [3.05, 3.63) is 56.4 Å². The zero-order chi connectivity index (χ0) is 14.3. The SMILES string of the molecule is CC(C)c1cccc(-n2c(=S)[nH]c3cc(I)ccc32)c1. The van der Waals surface area contributed by atoms with Crippen molar-refractivity contribution in [1.82, 2.24) is 9.55 Å². The lowest BCUT2D eigenvalue weighted by atomic mass is 10.0. The number of aromatic nitrogens is 2. The first kappa shape index (κ1) is 13.8. The number of benzene rings is 2. The molecule has 4 heteroatoms. The summed E-state index contributed by atoms with van der Waals surface area (Å²) in [4.78, 5) is 3.29. The summed E-state index contributed by atoms with van der Waals surface area (Å²) in [6, 6.07) is 14.9. The van der Waals surface area contributed by atoms with Crippen LogP contribution < -0.4 is 0 Å². The van der Waals surface area contributed by atoms with E-state index >= 15 is 0 Å². The summed E-state index contributed by atoms with van der Waals surface area (Å²) in [5.74, 6) is 0.510. The largest absolute Gasteiger partial charge is 0.330 e. The molecule has 0 aliphatic heterocycles. The molecule has 0 saturated heterocycles. The third-order valence-corrected chi connectivity index (χ3v) is 4.39. The summed E-state index contributed by atoms with van der Waals surface area (Å²) < 4.78 is 4.05. The van der Waals surface area contributed by atoms with Crippen LogP contribution in [0.3, 0.4) is 0 Å². The molecule has 0 atom stereocenters. The van der Waals surface area contributed by atoms with Crippen LogP contribution in [0.5, 0.6) is 0 Å². The first-order valence-electron chi connectivity index (χ1n) is 6.57. The monoisotopic (exact) mass is 394 g/mol.